The van der Waals surface area contributed by atoms with E-state index in [-0.39, 0.29) is 18.5 Å². The van der Waals surface area contributed by atoms with Gasteiger partial charge in [0.15, 0.2) is 0 Å². The number of hydrogen-bond acceptors (Lipinski definition) is 2. The maximum absolute atomic E-state index is 12.0. The van der Waals surface area contributed by atoms with E-state index in [2.05, 4.69) is 45.6 Å². The molecule has 2 N–H and O–H groups in total. The highest BCUT2D eigenvalue weighted by Gasteiger charge is 2.11. The lowest BCUT2D eigenvalue weighted by atomic mass is 10.0. The Morgan fingerprint density at radius 1 is 1.17 bits per heavy atom. The fourth-order valence-corrected chi connectivity index (χ4v) is 2.77. The fraction of sp³-hybridized carbons (Fsp3) is 0.278. The van der Waals surface area contributed by atoms with Crippen molar-refractivity contribution in [2.45, 2.75) is 25.9 Å². The average molecular weight is 396 g/mol. The molecule has 0 saturated heterocycles. The van der Waals surface area contributed by atoms with E-state index in [1.807, 2.05) is 36.4 Å². The molecule has 2 aromatic carbocycles. The number of nitrogens with one attached hydrogen (secondary N) is 2. The molecule has 2 rings (SSSR count). The molecule has 122 valence electrons. The van der Waals surface area contributed by atoms with Gasteiger partial charge in [0, 0.05) is 22.1 Å². The monoisotopic (exact) mass is 394 g/mol. The molecule has 23 heavy (non-hydrogen) atoms. The first-order valence-electron chi connectivity index (χ1n) is 7.59. The van der Waals surface area contributed by atoms with Crippen molar-refractivity contribution in [2.24, 2.45) is 0 Å². The van der Waals surface area contributed by atoms with Crippen LogP contribution in [0.3, 0.4) is 0 Å². The molecule has 0 aliphatic carbocycles. The molecular weight excluding hydrogens is 376 g/mol. The van der Waals surface area contributed by atoms with Crippen LogP contribution in [-0.2, 0) is 11.3 Å². The van der Waals surface area contributed by atoms with Gasteiger partial charge in [-0.05, 0) is 35.7 Å². The normalized spacial score (nSPS) is 12.0. The van der Waals surface area contributed by atoms with Crippen molar-refractivity contribution in [1.82, 2.24) is 10.6 Å². The van der Waals surface area contributed by atoms with Crippen molar-refractivity contribution in [3.63, 3.8) is 0 Å². The third-order valence-electron chi connectivity index (χ3n) is 3.62. The van der Waals surface area contributed by atoms with E-state index in [1.54, 1.807) is 0 Å². The number of carbonyl (C=O) groups excluding carboxylic acids is 1. The van der Waals surface area contributed by atoms with E-state index in [1.165, 1.54) is 5.56 Å². The second-order valence-corrected chi connectivity index (χ2v) is 6.58. The SMILES string of the molecule is CC[C@H](NCC(=O)NCc1ccccc1Cl)c1ccc(Br)cc1. The Morgan fingerprint density at radius 2 is 1.87 bits per heavy atom. The molecule has 5 heteroatoms. The van der Waals surface area contributed by atoms with Crippen LogP contribution >= 0.6 is 27.5 Å². The molecule has 0 aromatic heterocycles. The second kappa shape index (κ2) is 9.06. The molecule has 3 nitrogen and oxygen atoms in total. The Morgan fingerprint density at radius 3 is 2.52 bits per heavy atom. The summed E-state index contributed by atoms with van der Waals surface area (Å²) in [6, 6.07) is 15.8. The minimum absolute atomic E-state index is 0.0412. The third kappa shape index (κ3) is 5.65. The number of benzene rings is 2. The molecule has 0 aliphatic rings. The molecule has 0 aliphatic heterocycles. The Bertz CT molecular complexity index is 646. The predicted molar refractivity (Wildman–Crippen MR) is 98.5 cm³/mol. The topological polar surface area (TPSA) is 41.1 Å². The summed E-state index contributed by atoms with van der Waals surface area (Å²) < 4.78 is 1.05. The zero-order chi connectivity index (χ0) is 16.7. The lowest BCUT2D eigenvalue weighted by Crippen LogP contribution is -2.35. The Balaban J connectivity index is 1.83. The lowest BCUT2D eigenvalue weighted by molar-refractivity contribution is -0.120. The highest BCUT2D eigenvalue weighted by Crippen LogP contribution is 2.19. The summed E-state index contributed by atoms with van der Waals surface area (Å²) in [5, 5.41) is 6.85. The number of amides is 1. The molecule has 1 atom stereocenters. The lowest BCUT2D eigenvalue weighted by Gasteiger charge is -2.17. The van der Waals surface area contributed by atoms with E-state index < -0.39 is 0 Å². The first-order valence-corrected chi connectivity index (χ1v) is 8.76. The molecule has 0 spiro atoms. The summed E-state index contributed by atoms with van der Waals surface area (Å²) in [4.78, 5) is 12.0. The molecule has 0 unspecified atom stereocenters. The molecule has 2 aromatic rings. The zero-order valence-corrected chi connectivity index (χ0v) is 15.3. The fourth-order valence-electron chi connectivity index (χ4n) is 2.31. The van der Waals surface area contributed by atoms with Crippen molar-refractivity contribution in [2.75, 3.05) is 6.54 Å². The zero-order valence-electron chi connectivity index (χ0n) is 13.0. The van der Waals surface area contributed by atoms with Crippen LogP contribution in [0.15, 0.2) is 53.0 Å². The van der Waals surface area contributed by atoms with E-state index in [4.69, 9.17) is 11.6 Å². The predicted octanol–water partition coefficient (Wildman–Crippen LogP) is 4.46. The van der Waals surface area contributed by atoms with Gasteiger partial charge in [-0.2, -0.15) is 0 Å². The van der Waals surface area contributed by atoms with Gasteiger partial charge >= 0.3 is 0 Å². The van der Waals surface area contributed by atoms with Crippen molar-refractivity contribution >= 4 is 33.4 Å². The van der Waals surface area contributed by atoms with Crippen LogP contribution in [-0.4, -0.2) is 12.5 Å². The van der Waals surface area contributed by atoms with Crippen molar-refractivity contribution in [3.05, 3.63) is 69.2 Å². The summed E-state index contributed by atoms with van der Waals surface area (Å²) in [7, 11) is 0. The van der Waals surface area contributed by atoms with Crippen molar-refractivity contribution < 1.29 is 4.79 Å². The molecule has 1 amide bonds. The van der Waals surface area contributed by atoms with E-state index in [0.29, 0.717) is 11.6 Å². The molecule has 0 radical (unpaired) electrons. The van der Waals surface area contributed by atoms with Gasteiger partial charge in [0.05, 0.1) is 6.54 Å². The highest BCUT2D eigenvalue weighted by molar-refractivity contribution is 9.10. The van der Waals surface area contributed by atoms with Crippen molar-refractivity contribution in [3.8, 4) is 0 Å². The molecule has 0 fully saturated rings. The summed E-state index contributed by atoms with van der Waals surface area (Å²) >= 11 is 9.51. The van der Waals surface area contributed by atoms with Crippen LogP contribution in [0, 0.1) is 0 Å². The number of carbonyl (C=O) groups is 1. The summed E-state index contributed by atoms with van der Waals surface area (Å²) in [5.41, 5.74) is 2.09. The standard InChI is InChI=1S/C18H20BrClN2O/c1-2-17(13-7-9-15(19)10-8-13)21-12-18(23)22-11-14-5-3-4-6-16(14)20/h3-10,17,21H,2,11-12H2,1H3,(H,22,23)/t17-/m0/s1. The van der Waals surface area contributed by atoms with E-state index in [0.717, 1.165) is 16.5 Å². The Labute approximate surface area is 150 Å². The smallest absolute Gasteiger partial charge is 0.234 e. The quantitative estimate of drug-likeness (QED) is 0.727. The minimum atomic E-state index is -0.0412. The van der Waals surface area contributed by atoms with Gasteiger partial charge in [-0.15, -0.1) is 0 Å². The first-order chi connectivity index (χ1) is 11.1. The average Bonchev–Trinajstić information content (AvgIpc) is 2.56. The van der Waals surface area contributed by atoms with Crippen LogP contribution in [0.25, 0.3) is 0 Å². The van der Waals surface area contributed by atoms with Crippen LogP contribution in [0.4, 0.5) is 0 Å². The van der Waals surface area contributed by atoms with Crippen molar-refractivity contribution in [1.29, 1.82) is 0 Å². The molecular formula is C18H20BrClN2O. The summed E-state index contributed by atoms with van der Waals surface area (Å²) in [6.45, 7) is 2.82. The van der Waals surface area contributed by atoms with Crippen LogP contribution < -0.4 is 10.6 Å². The number of rotatable bonds is 7. The molecule has 0 bridgehead atoms. The van der Waals surface area contributed by atoms with Gasteiger partial charge < -0.3 is 10.6 Å². The molecule has 0 saturated carbocycles. The molecule has 0 heterocycles. The summed E-state index contributed by atoms with van der Waals surface area (Å²) in [5.74, 6) is -0.0412. The van der Waals surface area contributed by atoms with E-state index >= 15 is 0 Å². The van der Waals surface area contributed by atoms with Gasteiger partial charge in [0.2, 0.25) is 5.91 Å². The maximum Gasteiger partial charge on any atom is 0.234 e. The van der Waals surface area contributed by atoms with Crippen LogP contribution in [0.1, 0.15) is 30.5 Å². The Hall–Kier alpha value is -1.36. The first kappa shape index (κ1) is 18.0. The maximum atomic E-state index is 12.0. The largest absolute Gasteiger partial charge is 0.351 e. The van der Waals surface area contributed by atoms with Gasteiger partial charge in [-0.25, -0.2) is 0 Å². The van der Waals surface area contributed by atoms with Gasteiger partial charge in [-0.1, -0.05) is 64.8 Å². The van der Waals surface area contributed by atoms with Crippen LogP contribution in [0.2, 0.25) is 5.02 Å². The minimum Gasteiger partial charge on any atom is -0.351 e. The third-order valence-corrected chi connectivity index (χ3v) is 4.52. The summed E-state index contributed by atoms with van der Waals surface area (Å²) in [6.07, 6.45) is 0.916. The number of hydrogen-bond donors (Lipinski definition) is 2. The number of halogens is 2. The van der Waals surface area contributed by atoms with Crippen LogP contribution in [0.5, 0.6) is 0 Å². The van der Waals surface area contributed by atoms with Gasteiger partial charge in [0.25, 0.3) is 0 Å². The Kier molecular flexibility index (Phi) is 7.09. The highest BCUT2D eigenvalue weighted by atomic mass is 79.9. The second-order valence-electron chi connectivity index (χ2n) is 5.26. The van der Waals surface area contributed by atoms with E-state index in [9.17, 15) is 4.79 Å². The van der Waals surface area contributed by atoms with Gasteiger partial charge in [-0.3, -0.25) is 4.79 Å². The van der Waals surface area contributed by atoms with Gasteiger partial charge in [0.1, 0.15) is 0 Å².